The number of nitrogens with zero attached hydrogens (tertiary/aromatic N) is 4. The Labute approximate surface area is 123 Å². The molecule has 1 aromatic carbocycles. The second-order valence-electron chi connectivity index (χ2n) is 3.85. The van der Waals surface area contributed by atoms with Crippen LogP contribution in [0.1, 0.15) is 15.0 Å². The maximum Gasteiger partial charge on any atom is 0.445 e. The molecule has 5 nitrogen and oxygen atoms in total. The molecule has 0 saturated heterocycles. The molecule has 0 radical (unpaired) electrons. The van der Waals surface area contributed by atoms with Gasteiger partial charge in [0, 0.05) is 0 Å². The van der Waals surface area contributed by atoms with Gasteiger partial charge in [-0.2, -0.15) is 13.2 Å². The molecule has 10 heteroatoms. The first-order chi connectivity index (χ1) is 9.99. The lowest BCUT2D eigenvalue weighted by molar-refractivity contribution is -0.138. The van der Waals surface area contributed by atoms with E-state index >= 15 is 0 Å². The van der Waals surface area contributed by atoms with E-state index in [1.165, 1.54) is 11.3 Å². The van der Waals surface area contributed by atoms with Gasteiger partial charge in [0.05, 0.1) is 10.2 Å². The highest BCUT2D eigenvalue weighted by Crippen LogP contribution is 2.33. The maximum absolute atomic E-state index is 12.5. The van der Waals surface area contributed by atoms with Crippen molar-refractivity contribution in [1.82, 2.24) is 15.2 Å². The van der Waals surface area contributed by atoms with Crippen molar-refractivity contribution in [3.8, 4) is 0 Å². The number of benzene rings is 1. The van der Waals surface area contributed by atoms with Crippen LogP contribution in [-0.2, 0) is 6.18 Å². The van der Waals surface area contributed by atoms with Gasteiger partial charge in [-0.3, -0.25) is 0 Å². The number of oxime groups is 1. The van der Waals surface area contributed by atoms with Crippen LogP contribution in [0.4, 0.5) is 13.2 Å². The van der Waals surface area contributed by atoms with Gasteiger partial charge in [0.2, 0.25) is 5.01 Å². The summed E-state index contributed by atoms with van der Waals surface area (Å²) in [7, 11) is 0. The van der Waals surface area contributed by atoms with Crippen molar-refractivity contribution >= 4 is 38.6 Å². The number of halogens is 3. The minimum absolute atomic E-state index is 0.121. The second-order valence-corrected chi connectivity index (χ2v) is 5.85. The van der Waals surface area contributed by atoms with Crippen molar-refractivity contribution in [3.63, 3.8) is 0 Å². The summed E-state index contributed by atoms with van der Waals surface area (Å²) in [5.41, 5.74) is 0.545. The van der Waals surface area contributed by atoms with E-state index in [0.717, 1.165) is 4.70 Å². The molecule has 0 aliphatic heterocycles. The van der Waals surface area contributed by atoms with Crippen LogP contribution in [0.25, 0.3) is 10.2 Å². The van der Waals surface area contributed by atoms with Crippen LogP contribution in [0.5, 0.6) is 0 Å². The Balaban J connectivity index is 2.04. The van der Waals surface area contributed by atoms with Gasteiger partial charge in [0.15, 0.2) is 10.7 Å². The first kappa shape index (κ1) is 13.9. The van der Waals surface area contributed by atoms with Crippen LogP contribution in [0, 0.1) is 0 Å². The Morgan fingerprint density at radius 2 is 1.86 bits per heavy atom. The number of rotatable bonds is 2. The third-order valence-corrected chi connectivity index (χ3v) is 4.48. The van der Waals surface area contributed by atoms with Gasteiger partial charge >= 0.3 is 6.18 Å². The fourth-order valence-corrected chi connectivity index (χ4v) is 3.30. The molecule has 0 atom stereocenters. The van der Waals surface area contributed by atoms with Crippen molar-refractivity contribution in [3.05, 3.63) is 39.3 Å². The highest BCUT2D eigenvalue weighted by atomic mass is 32.1. The van der Waals surface area contributed by atoms with Gasteiger partial charge in [-0.05, 0) is 12.1 Å². The third kappa shape index (κ3) is 2.59. The highest BCUT2D eigenvalue weighted by molar-refractivity contribution is 7.21. The zero-order valence-corrected chi connectivity index (χ0v) is 11.6. The number of hydrogen-bond donors (Lipinski definition) is 1. The molecule has 2 aromatic heterocycles. The van der Waals surface area contributed by atoms with Crippen molar-refractivity contribution in [1.29, 1.82) is 0 Å². The topological polar surface area (TPSA) is 71.3 Å². The largest absolute Gasteiger partial charge is 0.445 e. The molecule has 0 unspecified atom stereocenters. The number of para-hydroxylation sites is 1. The van der Waals surface area contributed by atoms with Crippen LogP contribution >= 0.6 is 22.7 Å². The van der Waals surface area contributed by atoms with E-state index in [1.807, 2.05) is 12.1 Å². The molecule has 3 rings (SSSR count). The monoisotopic (exact) mass is 330 g/mol. The molecule has 0 spiro atoms. The fraction of sp³-hybridized carbons (Fsp3) is 0.0909. The summed E-state index contributed by atoms with van der Waals surface area (Å²) < 4.78 is 38.4. The van der Waals surface area contributed by atoms with E-state index in [1.54, 1.807) is 12.1 Å². The number of aromatic nitrogens is 3. The van der Waals surface area contributed by atoms with E-state index in [4.69, 9.17) is 5.21 Å². The Kier molecular flexibility index (Phi) is 3.33. The summed E-state index contributed by atoms with van der Waals surface area (Å²) in [6.45, 7) is 0. The lowest BCUT2D eigenvalue weighted by Gasteiger charge is -1.97. The molecule has 3 aromatic rings. The molecule has 0 fully saturated rings. The molecule has 0 aliphatic carbocycles. The van der Waals surface area contributed by atoms with Gasteiger partial charge in [0.25, 0.3) is 0 Å². The molecule has 21 heavy (non-hydrogen) atoms. The number of hydrogen-bond acceptors (Lipinski definition) is 7. The van der Waals surface area contributed by atoms with Gasteiger partial charge < -0.3 is 5.21 Å². The van der Waals surface area contributed by atoms with E-state index in [0.29, 0.717) is 16.9 Å². The average Bonchev–Trinajstić information content (AvgIpc) is 3.05. The summed E-state index contributed by atoms with van der Waals surface area (Å²) in [4.78, 5) is 4.22. The summed E-state index contributed by atoms with van der Waals surface area (Å²) in [6, 6.07) is 7.17. The minimum atomic E-state index is -4.58. The molecule has 0 saturated carbocycles. The first-order valence-corrected chi connectivity index (χ1v) is 7.11. The molecule has 1 N–H and O–H groups in total. The Hall–Kier alpha value is -2.07. The fourth-order valence-electron chi connectivity index (χ4n) is 1.58. The summed E-state index contributed by atoms with van der Waals surface area (Å²) in [5.74, 6) is 0. The quantitative estimate of drug-likeness (QED) is 0.444. The van der Waals surface area contributed by atoms with Crippen LogP contribution in [0.15, 0.2) is 29.4 Å². The predicted molar refractivity (Wildman–Crippen MR) is 72.0 cm³/mol. The summed E-state index contributed by atoms with van der Waals surface area (Å²) in [5, 5.41) is 17.6. The van der Waals surface area contributed by atoms with E-state index in [9.17, 15) is 13.2 Å². The molecule has 0 amide bonds. The van der Waals surface area contributed by atoms with Gasteiger partial charge in [-0.1, -0.05) is 28.6 Å². The molecule has 108 valence electrons. The van der Waals surface area contributed by atoms with E-state index < -0.39 is 11.2 Å². The first-order valence-electron chi connectivity index (χ1n) is 5.48. The maximum atomic E-state index is 12.5. The SMILES string of the molecule is O/N=C(\c1nnc(C(F)(F)F)s1)c1nc2ccccc2s1. The molecule has 0 bridgehead atoms. The smallest absolute Gasteiger partial charge is 0.410 e. The lowest BCUT2D eigenvalue weighted by Crippen LogP contribution is -2.03. The van der Waals surface area contributed by atoms with E-state index in [2.05, 4.69) is 20.3 Å². The van der Waals surface area contributed by atoms with Crippen molar-refractivity contribution < 1.29 is 18.4 Å². The van der Waals surface area contributed by atoms with Gasteiger partial charge in [-0.15, -0.1) is 21.5 Å². The highest BCUT2D eigenvalue weighted by Gasteiger charge is 2.36. The van der Waals surface area contributed by atoms with Crippen LogP contribution in [0.2, 0.25) is 0 Å². The summed E-state index contributed by atoms with van der Waals surface area (Å²) in [6.07, 6.45) is -4.58. The van der Waals surface area contributed by atoms with Crippen LogP contribution in [-0.4, -0.2) is 26.1 Å². The number of fused-ring (bicyclic) bond motifs is 1. The molecule has 2 heterocycles. The number of thiazole rings is 1. The number of alkyl halides is 3. The molecular formula is C11H5F3N4OS2. The Morgan fingerprint density at radius 1 is 1.10 bits per heavy atom. The zero-order chi connectivity index (χ0) is 15.0. The van der Waals surface area contributed by atoms with Crippen molar-refractivity contribution in [2.75, 3.05) is 0 Å². The Morgan fingerprint density at radius 3 is 2.48 bits per heavy atom. The van der Waals surface area contributed by atoms with Crippen molar-refractivity contribution in [2.45, 2.75) is 6.18 Å². The average molecular weight is 330 g/mol. The normalized spacial score (nSPS) is 13.0. The van der Waals surface area contributed by atoms with Gasteiger partial charge in [0.1, 0.15) is 5.01 Å². The predicted octanol–water partition coefficient (Wildman–Crippen LogP) is 3.39. The zero-order valence-electron chi connectivity index (χ0n) is 10.00. The molecular weight excluding hydrogens is 325 g/mol. The van der Waals surface area contributed by atoms with E-state index in [-0.39, 0.29) is 15.7 Å². The standard InChI is InChI=1S/C11H5F3N4OS2/c12-11(13,14)10-17-16-9(21-10)7(18-19)8-15-5-3-1-2-4-6(5)20-8/h1-4,19H/b18-7-. The Bertz CT molecular complexity index is 791. The lowest BCUT2D eigenvalue weighted by atomic mass is 10.3. The minimum Gasteiger partial charge on any atom is -0.410 e. The molecule has 0 aliphatic rings. The summed E-state index contributed by atoms with van der Waals surface area (Å²) >= 11 is 1.50. The second kappa shape index (κ2) is 5.04. The van der Waals surface area contributed by atoms with Crippen molar-refractivity contribution in [2.24, 2.45) is 5.16 Å². The third-order valence-electron chi connectivity index (χ3n) is 2.47. The van der Waals surface area contributed by atoms with Gasteiger partial charge in [-0.25, -0.2) is 4.98 Å². The van der Waals surface area contributed by atoms with Crippen LogP contribution in [0.3, 0.4) is 0 Å². The van der Waals surface area contributed by atoms with Crippen LogP contribution < -0.4 is 0 Å².